The zero-order valence-corrected chi connectivity index (χ0v) is 13.2. The summed E-state index contributed by atoms with van der Waals surface area (Å²) in [5.74, 6) is 0. The minimum absolute atomic E-state index is 0.239. The van der Waals surface area contributed by atoms with Crippen molar-refractivity contribution in [2.45, 2.75) is 31.3 Å². The molecule has 3 N–H and O–H groups in total. The first-order chi connectivity index (χ1) is 8.94. The molecular formula is C12H16N2O2S3. The third kappa shape index (κ3) is 3.24. The lowest BCUT2D eigenvalue weighted by molar-refractivity contribution is 0.567. The molecule has 2 aromatic rings. The second-order valence-corrected chi connectivity index (χ2v) is 8.04. The number of aryl methyl sites for hydroxylation is 1. The van der Waals surface area contributed by atoms with E-state index in [1.54, 1.807) is 24.3 Å². The van der Waals surface area contributed by atoms with Gasteiger partial charge in [-0.1, -0.05) is 0 Å². The lowest BCUT2D eigenvalue weighted by Gasteiger charge is -2.12. The van der Waals surface area contributed by atoms with Crippen LogP contribution in [0.5, 0.6) is 0 Å². The second kappa shape index (κ2) is 5.72. The van der Waals surface area contributed by atoms with Gasteiger partial charge in [0.05, 0.1) is 4.90 Å². The number of thiophene rings is 2. The average molecular weight is 316 g/mol. The van der Waals surface area contributed by atoms with Gasteiger partial charge < -0.3 is 5.73 Å². The first kappa shape index (κ1) is 14.7. The fourth-order valence-electron chi connectivity index (χ4n) is 1.78. The van der Waals surface area contributed by atoms with Crippen LogP contribution in [0.2, 0.25) is 0 Å². The molecule has 0 saturated carbocycles. The van der Waals surface area contributed by atoms with E-state index in [1.165, 1.54) is 11.3 Å². The number of rotatable bonds is 5. The van der Waals surface area contributed by atoms with Gasteiger partial charge in [-0.2, -0.15) is 11.3 Å². The monoisotopic (exact) mass is 316 g/mol. The molecule has 0 fully saturated rings. The highest BCUT2D eigenvalue weighted by Gasteiger charge is 2.22. The molecule has 0 saturated heterocycles. The van der Waals surface area contributed by atoms with Crippen LogP contribution in [0.3, 0.4) is 0 Å². The highest BCUT2D eigenvalue weighted by molar-refractivity contribution is 7.89. The summed E-state index contributed by atoms with van der Waals surface area (Å²) in [5.41, 5.74) is 6.52. The standard InChI is InChI=1S/C12H16N2O2S3/c1-8(10-3-4-17-7-10)14-19(15,16)12-5-11(6-13)18-9(12)2/h3-5,7-8,14H,6,13H2,1-2H3. The number of hydrogen-bond donors (Lipinski definition) is 2. The van der Waals surface area contributed by atoms with E-state index in [4.69, 9.17) is 5.73 Å². The molecule has 1 atom stereocenters. The van der Waals surface area contributed by atoms with Crippen LogP contribution in [-0.4, -0.2) is 8.42 Å². The number of nitrogens with two attached hydrogens (primary N) is 1. The normalized spacial score (nSPS) is 13.6. The molecule has 4 nitrogen and oxygen atoms in total. The Balaban J connectivity index is 2.25. The Labute approximate surface area is 121 Å². The van der Waals surface area contributed by atoms with Gasteiger partial charge in [0.1, 0.15) is 0 Å². The van der Waals surface area contributed by atoms with Crippen LogP contribution in [0, 0.1) is 6.92 Å². The summed E-state index contributed by atoms with van der Waals surface area (Å²) in [5, 5.41) is 3.88. The molecule has 1 unspecified atom stereocenters. The fraction of sp³-hybridized carbons (Fsp3) is 0.333. The van der Waals surface area contributed by atoms with Crippen LogP contribution in [0.15, 0.2) is 27.8 Å². The zero-order valence-electron chi connectivity index (χ0n) is 10.7. The molecule has 2 aromatic heterocycles. The van der Waals surface area contributed by atoms with Crippen LogP contribution < -0.4 is 10.5 Å². The van der Waals surface area contributed by atoms with Crippen molar-refractivity contribution < 1.29 is 8.42 Å². The van der Waals surface area contributed by atoms with Gasteiger partial charge in [-0.15, -0.1) is 11.3 Å². The van der Waals surface area contributed by atoms with Gasteiger partial charge in [0.2, 0.25) is 10.0 Å². The molecule has 2 heterocycles. The first-order valence-electron chi connectivity index (χ1n) is 5.78. The topological polar surface area (TPSA) is 72.2 Å². The second-order valence-electron chi connectivity index (χ2n) is 4.24. The summed E-state index contributed by atoms with van der Waals surface area (Å²) in [6, 6.07) is 3.34. The Morgan fingerprint density at radius 2 is 2.21 bits per heavy atom. The minimum Gasteiger partial charge on any atom is -0.326 e. The smallest absolute Gasteiger partial charge is 0.242 e. The summed E-state index contributed by atoms with van der Waals surface area (Å²) >= 11 is 2.98. The molecule has 2 rings (SSSR count). The Kier molecular flexibility index (Phi) is 4.42. The number of hydrogen-bond acceptors (Lipinski definition) is 5. The van der Waals surface area contributed by atoms with E-state index >= 15 is 0 Å². The number of nitrogens with one attached hydrogen (secondary N) is 1. The van der Waals surface area contributed by atoms with Crippen LogP contribution >= 0.6 is 22.7 Å². The Bertz CT molecular complexity index is 645. The van der Waals surface area contributed by atoms with Gasteiger partial charge in [0.15, 0.2) is 0 Å². The SMILES string of the molecule is Cc1sc(CN)cc1S(=O)(=O)NC(C)c1ccsc1. The van der Waals surface area contributed by atoms with E-state index in [2.05, 4.69) is 4.72 Å². The van der Waals surface area contributed by atoms with Crippen molar-refractivity contribution in [3.05, 3.63) is 38.2 Å². The summed E-state index contributed by atoms with van der Waals surface area (Å²) in [6.45, 7) is 4.00. The van der Waals surface area contributed by atoms with E-state index in [0.29, 0.717) is 11.4 Å². The largest absolute Gasteiger partial charge is 0.326 e. The van der Waals surface area contributed by atoms with Gasteiger partial charge in [0, 0.05) is 22.3 Å². The predicted octanol–water partition coefficient (Wildman–Crippen LogP) is 2.62. The molecular weight excluding hydrogens is 300 g/mol. The van der Waals surface area contributed by atoms with Crippen molar-refractivity contribution in [2.24, 2.45) is 5.73 Å². The van der Waals surface area contributed by atoms with E-state index in [0.717, 1.165) is 15.3 Å². The molecule has 0 bridgehead atoms. The highest BCUT2D eigenvalue weighted by Crippen LogP contribution is 2.27. The van der Waals surface area contributed by atoms with Gasteiger partial charge in [0.25, 0.3) is 0 Å². The van der Waals surface area contributed by atoms with Crippen molar-refractivity contribution in [1.29, 1.82) is 0 Å². The van der Waals surface area contributed by atoms with Crippen molar-refractivity contribution in [2.75, 3.05) is 0 Å². The minimum atomic E-state index is -3.50. The third-order valence-corrected chi connectivity index (χ3v) is 6.36. The molecule has 0 aliphatic rings. The quantitative estimate of drug-likeness (QED) is 0.890. The van der Waals surface area contributed by atoms with Gasteiger partial charge >= 0.3 is 0 Å². The van der Waals surface area contributed by atoms with Gasteiger partial charge in [-0.3, -0.25) is 0 Å². The zero-order chi connectivity index (χ0) is 14.0. The lowest BCUT2D eigenvalue weighted by Crippen LogP contribution is -2.26. The lowest BCUT2D eigenvalue weighted by atomic mass is 10.2. The predicted molar refractivity (Wildman–Crippen MR) is 80.0 cm³/mol. The Morgan fingerprint density at radius 3 is 2.74 bits per heavy atom. The molecule has 0 spiro atoms. The first-order valence-corrected chi connectivity index (χ1v) is 9.02. The summed E-state index contributed by atoms with van der Waals surface area (Å²) in [6.07, 6.45) is 0. The molecule has 7 heteroatoms. The van der Waals surface area contributed by atoms with Crippen LogP contribution in [0.1, 0.15) is 28.3 Å². The Hall–Kier alpha value is -0.730. The van der Waals surface area contributed by atoms with E-state index in [1.807, 2.05) is 23.8 Å². The molecule has 0 amide bonds. The van der Waals surface area contributed by atoms with Crippen molar-refractivity contribution in [3.8, 4) is 0 Å². The number of sulfonamides is 1. The van der Waals surface area contributed by atoms with Crippen molar-refractivity contribution in [1.82, 2.24) is 4.72 Å². The molecule has 0 aliphatic carbocycles. The van der Waals surface area contributed by atoms with Gasteiger partial charge in [-0.05, 0) is 42.3 Å². The molecule has 0 aliphatic heterocycles. The van der Waals surface area contributed by atoms with Crippen LogP contribution in [-0.2, 0) is 16.6 Å². The molecule has 0 aromatic carbocycles. The summed E-state index contributed by atoms with van der Waals surface area (Å²) in [4.78, 5) is 1.98. The maximum absolute atomic E-state index is 12.3. The van der Waals surface area contributed by atoms with Crippen LogP contribution in [0.25, 0.3) is 0 Å². The van der Waals surface area contributed by atoms with Crippen LogP contribution in [0.4, 0.5) is 0 Å². The van der Waals surface area contributed by atoms with Crippen molar-refractivity contribution >= 4 is 32.7 Å². The fourth-order valence-corrected chi connectivity index (χ4v) is 5.28. The van der Waals surface area contributed by atoms with Gasteiger partial charge in [-0.25, -0.2) is 13.1 Å². The summed E-state index contributed by atoms with van der Waals surface area (Å²) < 4.78 is 27.4. The highest BCUT2D eigenvalue weighted by atomic mass is 32.2. The van der Waals surface area contributed by atoms with Crippen molar-refractivity contribution in [3.63, 3.8) is 0 Å². The third-order valence-electron chi connectivity index (χ3n) is 2.79. The molecule has 19 heavy (non-hydrogen) atoms. The summed E-state index contributed by atoms with van der Waals surface area (Å²) in [7, 11) is -3.50. The maximum Gasteiger partial charge on any atom is 0.242 e. The van der Waals surface area contributed by atoms with E-state index in [-0.39, 0.29) is 6.04 Å². The maximum atomic E-state index is 12.3. The molecule has 0 radical (unpaired) electrons. The van der Waals surface area contributed by atoms with E-state index in [9.17, 15) is 8.42 Å². The Morgan fingerprint density at radius 1 is 1.47 bits per heavy atom. The molecule has 104 valence electrons. The van der Waals surface area contributed by atoms with E-state index < -0.39 is 10.0 Å². The average Bonchev–Trinajstić information content (AvgIpc) is 2.96.